The highest BCUT2D eigenvalue weighted by atomic mass is 16.5. The van der Waals surface area contributed by atoms with Crippen LogP contribution in [0.5, 0.6) is 0 Å². The van der Waals surface area contributed by atoms with Gasteiger partial charge in [0.05, 0.1) is 13.2 Å². The molecule has 0 unspecified atom stereocenters. The van der Waals surface area contributed by atoms with E-state index in [1.165, 1.54) is 0 Å². The van der Waals surface area contributed by atoms with Crippen molar-refractivity contribution in [2.24, 2.45) is 0 Å². The van der Waals surface area contributed by atoms with Gasteiger partial charge in [-0.15, -0.1) is 0 Å². The Labute approximate surface area is 95.8 Å². The van der Waals surface area contributed by atoms with Crippen LogP contribution in [0.25, 0.3) is 0 Å². The average molecular weight is 222 g/mol. The van der Waals surface area contributed by atoms with Gasteiger partial charge in [0, 0.05) is 5.69 Å². The fraction of sp³-hybridized carbons (Fsp3) is 0.417. The molecule has 0 aliphatic heterocycles. The molecule has 0 aliphatic rings. The second-order valence-corrected chi connectivity index (χ2v) is 3.43. The third-order valence-electron chi connectivity index (χ3n) is 2.20. The van der Waals surface area contributed by atoms with E-state index in [0.717, 1.165) is 17.7 Å². The molecule has 0 saturated heterocycles. The minimum Gasteiger partial charge on any atom is -0.465 e. The summed E-state index contributed by atoms with van der Waals surface area (Å²) in [5, 5.41) is 3.02. The summed E-state index contributed by atoms with van der Waals surface area (Å²) in [7, 11) is 0. The number of hydrogen-bond donors (Lipinski definition) is 2. The molecule has 0 radical (unpaired) electrons. The van der Waals surface area contributed by atoms with Crippen LogP contribution in [0.15, 0.2) is 24.3 Å². The molecule has 3 N–H and O–H groups in total. The fourth-order valence-corrected chi connectivity index (χ4v) is 1.39. The van der Waals surface area contributed by atoms with Crippen molar-refractivity contribution in [3.8, 4) is 0 Å². The van der Waals surface area contributed by atoms with Gasteiger partial charge in [0.25, 0.3) is 0 Å². The van der Waals surface area contributed by atoms with Crippen LogP contribution in [0.4, 0.5) is 5.69 Å². The minimum atomic E-state index is -0.219. The van der Waals surface area contributed by atoms with Gasteiger partial charge < -0.3 is 15.8 Å². The molecule has 1 aromatic rings. The SMILES string of the molecule is CCOC(=O)CNCCc1ccccc1N. The highest BCUT2D eigenvalue weighted by Gasteiger charge is 2.01. The zero-order valence-electron chi connectivity index (χ0n) is 9.53. The molecule has 0 atom stereocenters. The van der Waals surface area contributed by atoms with E-state index in [1.54, 1.807) is 6.92 Å². The molecule has 0 fully saturated rings. The van der Waals surface area contributed by atoms with Crippen molar-refractivity contribution < 1.29 is 9.53 Å². The van der Waals surface area contributed by atoms with Crippen LogP contribution in [0.1, 0.15) is 12.5 Å². The third-order valence-corrected chi connectivity index (χ3v) is 2.20. The minimum absolute atomic E-state index is 0.219. The lowest BCUT2D eigenvalue weighted by atomic mass is 10.1. The number of anilines is 1. The zero-order chi connectivity index (χ0) is 11.8. The summed E-state index contributed by atoms with van der Waals surface area (Å²) >= 11 is 0. The number of nitrogen functional groups attached to an aromatic ring is 1. The van der Waals surface area contributed by atoms with E-state index in [-0.39, 0.29) is 12.5 Å². The Morgan fingerprint density at radius 2 is 2.19 bits per heavy atom. The van der Waals surface area contributed by atoms with Crippen molar-refractivity contribution in [3.63, 3.8) is 0 Å². The summed E-state index contributed by atoms with van der Waals surface area (Å²) < 4.78 is 4.79. The quantitative estimate of drug-likeness (QED) is 0.427. The number of benzene rings is 1. The van der Waals surface area contributed by atoms with E-state index < -0.39 is 0 Å². The van der Waals surface area contributed by atoms with E-state index in [2.05, 4.69) is 5.32 Å². The monoisotopic (exact) mass is 222 g/mol. The number of carbonyl (C=O) groups excluding carboxylic acids is 1. The van der Waals surface area contributed by atoms with Crippen molar-refractivity contribution in [1.82, 2.24) is 5.32 Å². The normalized spacial score (nSPS) is 10.1. The molecule has 0 saturated carbocycles. The van der Waals surface area contributed by atoms with Crippen LogP contribution in [-0.2, 0) is 16.0 Å². The number of nitrogens with two attached hydrogens (primary N) is 1. The molecule has 1 aromatic carbocycles. The molecule has 0 amide bonds. The van der Waals surface area contributed by atoms with Gasteiger partial charge in [-0.2, -0.15) is 0 Å². The summed E-state index contributed by atoms with van der Waals surface area (Å²) in [4.78, 5) is 11.0. The van der Waals surface area contributed by atoms with Gasteiger partial charge >= 0.3 is 5.97 Å². The van der Waals surface area contributed by atoms with Crippen molar-refractivity contribution >= 4 is 11.7 Å². The summed E-state index contributed by atoms with van der Waals surface area (Å²) in [6, 6.07) is 7.73. The van der Waals surface area contributed by atoms with E-state index >= 15 is 0 Å². The first-order valence-electron chi connectivity index (χ1n) is 5.43. The standard InChI is InChI=1S/C12H18N2O2/c1-2-16-12(15)9-14-8-7-10-5-3-4-6-11(10)13/h3-6,14H,2,7-9,13H2,1H3. The molecular formula is C12H18N2O2. The maximum Gasteiger partial charge on any atom is 0.319 e. The van der Waals surface area contributed by atoms with Crippen molar-refractivity contribution in [1.29, 1.82) is 0 Å². The van der Waals surface area contributed by atoms with Crippen LogP contribution < -0.4 is 11.1 Å². The van der Waals surface area contributed by atoms with Crippen LogP contribution in [0.3, 0.4) is 0 Å². The predicted octanol–water partition coefficient (Wildman–Crippen LogP) is 0.964. The Morgan fingerprint density at radius 1 is 1.44 bits per heavy atom. The lowest BCUT2D eigenvalue weighted by Crippen LogP contribution is -2.26. The average Bonchev–Trinajstić information content (AvgIpc) is 2.27. The lowest BCUT2D eigenvalue weighted by Gasteiger charge is -2.06. The molecule has 0 spiro atoms. The summed E-state index contributed by atoms with van der Waals surface area (Å²) in [5.41, 5.74) is 7.68. The van der Waals surface area contributed by atoms with Crippen LogP contribution in [0, 0.1) is 0 Å². The van der Waals surface area contributed by atoms with Crippen molar-refractivity contribution in [2.45, 2.75) is 13.3 Å². The van der Waals surface area contributed by atoms with Gasteiger partial charge in [-0.25, -0.2) is 0 Å². The zero-order valence-corrected chi connectivity index (χ0v) is 9.53. The number of carbonyl (C=O) groups is 1. The Morgan fingerprint density at radius 3 is 2.88 bits per heavy atom. The van der Waals surface area contributed by atoms with E-state index in [0.29, 0.717) is 13.2 Å². The van der Waals surface area contributed by atoms with Gasteiger partial charge in [-0.1, -0.05) is 18.2 Å². The molecule has 0 aromatic heterocycles. The number of hydrogen-bond acceptors (Lipinski definition) is 4. The maximum absolute atomic E-state index is 11.0. The topological polar surface area (TPSA) is 64.3 Å². The van der Waals surface area contributed by atoms with Gasteiger partial charge in [0.15, 0.2) is 0 Å². The second-order valence-electron chi connectivity index (χ2n) is 3.43. The Kier molecular flexibility index (Phi) is 5.36. The van der Waals surface area contributed by atoms with Gasteiger partial charge in [0.1, 0.15) is 0 Å². The highest BCUT2D eigenvalue weighted by Crippen LogP contribution is 2.10. The Hall–Kier alpha value is -1.55. The van der Waals surface area contributed by atoms with E-state index in [4.69, 9.17) is 10.5 Å². The summed E-state index contributed by atoms with van der Waals surface area (Å²) in [5.74, 6) is -0.219. The first-order chi connectivity index (χ1) is 7.74. The predicted molar refractivity (Wildman–Crippen MR) is 64.1 cm³/mol. The third kappa shape index (κ3) is 4.31. The van der Waals surface area contributed by atoms with Gasteiger partial charge in [-0.05, 0) is 31.5 Å². The number of nitrogens with one attached hydrogen (secondary N) is 1. The van der Waals surface area contributed by atoms with Crippen LogP contribution in [-0.4, -0.2) is 25.7 Å². The largest absolute Gasteiger partial charge is 0.465 e. The first kappa shape index (κ1) is 12.5. The maximum atomic E-state index is 11.0. The van der Waals surface area contributed by atoms with Gasteiger partial charge in [-0.3, -0.25) is 4.79 Å². The molecule has 88 valence electrons. The molecule has 4 nitrogen and oxygen atoms in total. The molecule has 0 aliphatic carbocycles. The number of para-hydroxylation sites is 1. The summed E-state index contributed by atoms with van der Waals surface area (Å²) in [6.07, 6.45) is 0.812. The molecule has 1 rings (SSSR count). The molecule has 0 bridgehead atoms. The van der Waals surface area contributed by atoms with Gasteiger partial charge in [0.2, 0.25) is 0 Å². The Bertz CT molecular complexity index is 340. The summed E-state index contributed by atoms with van der Waals surface area (Å²) in [6.45, 7) is 3.18. The fourth-order valence-electron chi connectivity index (χ4n) is 1.39. The lowest BCUT2D eigenvalue weighted by molar-refractivity contribution is -0.141. The van der Waals surface area contributed by atoms with Crippen LogP contribution in [0.2, 0.25) is 0 Å². The number of rotatable bonds is 6. The van der Waals surface area contributed by atoms with E-state index in [1.807, 2.05) is 24.3 Å². The molecule has 16 heavy (non-hydrogen) atoms. The van der Waals surface area contributed by atoms with E-state index in [9.17, 15) is 4.79 Å². The number of esters is 1. The molecular weight excluding hydrogens is 204 g/mol. The molecule has 0 heterocycles. The number of ether oxygens (including phenoxy) is 1. The van der Waals surface area contributed by atoms with Crippen molar-refractivity contribution in [2.75, 3.05) is 25.4 Å². The molecule has 4 heteroatoms. The van der Waals surface area contributed by atoms with Crippen molar-refractivity contribution in [3.05, 3.63) is 29.8 Å². The highest BCUT2D eigenvalue weighted by molar-refractivity contribution is 5.71. The second kappa shape index (κ2) is 6.85. The Balaban J connectivity index is 2.21. The smallest absolute Gasteiger partial charge is 0.319 e. The van der Waals surface area contributed by atoms with Crippen LogP contribution >= 0.6 is 0 Å². The first-order valence-corrected chi connectivity index (χ1v) is 5.43.